The van der Waals surface area contributed by atoms with Crippen LogP contribution in [0.1, 0.15) is 55.4 Å². The Morgan fingerprint density at radius 1 is 0.929 bits per heavy atom. The van der Waals surface area contributed by atoms with Gasteiger partial charge in [0.25, 0.3) is 0 Å². The fourth-order valence-corrected chi connectivity index (χ4v) is 5.35. The SMILES string of the molecule is Cc1cc(C)c(S(=O)(=O)N[C@H](/C=C/[C@@H](C)c2ccccc2)CC(C)C)c(C)c1. The van der Waals surface area contributed by atoms with Crippen LogP contribution in [0.3, 0.4) is 0 Å². The molecule has 28 heavy (non-hydrogen) atoms. The normalized spacial score (nSPS) is 14.5. The predicted molar refractivity (Wildman–Crippen MR) is 118 cm³/mol. The largest absolute Gasteiger partial charge is 0.241 e. The molecular weight excluding hydrogens is 366 g/mol. The fraction of sp³-hybridized carbons (Fsp3) is 0.417. The van der Waals surface area contributed by atoms with E-state index in [2.05, 4.69) is 43.7 Å². The van der Waals surface area contributed by atoms with Crippen LogP contribution in [-0.2, 0) is 10.0 Å². The summed E-state index contributed by atoms with van der Waals surface area (Å²) in [5, 5.41) is 0. The lowest BCUT2D eigenvalue weighted by atomic mass is 9.98. The summed E-state index contributed by atoms with van der Waals surface area (Å²) < 4.78 is 29.2. The Morgan fingerprint density at radius 2 is 1.50 bits per heavy atom. The van der Waals surface area contributed by atoms with Gasteiger partial charge in [-0.15, -0.1) is 0 Å². The van der Waals surface area contributed by atoms with E-state index in [1.165, 1.54) is 5.56 Å². The van der Waals surface area contributed by atoms with E-state index >= 15 is 0 Å². The highest BCUT2D eigenvalue weighted by Gasteiger charge is 2.23. The maximum atomic E-state index is 13.1. The van der Waals surface area contributed by atoms with Crippen LogP contribution in [0.4, 0.5) is 0 Å². The fourth-order valence-electron chi connectivity index (χ4n) is 3.69. The minimum absolute atomic E-state index is 0.225. The number of hydrogen-bond donors (Lipinski definition) is 1. The molecule has 152 valence electrons. The van der Waals surface area contributed by atoms with Crippen molar-refractivity contribution in [3.8, 4) is 0 Å². The predicted octanol–water partition coefficient (Wildman–Crippen LogP) is 5.66. The number of aryl methyl sites for hydroxylation is 3. The molecule has 4 heteroatoms. The summed E-state index contributed by atoms with van der Waals surface area (Å²) in [6.45, 7) is 12.1. The van der Waals surface area contributed by atoms with Crippen molar-refractivity contribution in [2.75, 3.05) is 0 Å². The van der Waals surface area contributed by atoms with Gasteiger partial charge in [0.2, 0.25) is 10.0 Å². The van der Waals surface area contributed by atoms with E-state index in [0.29, 0.717) is 10.8 Å². The summed E-state index contributed by atoms with van der Waals surface area (Å²) in [5.74, 6) is 0.604. The smallest absolute Gasteiger partial charge is 0.207 e. The van der Waals surface area contributed by atoms with E-state index < -0.39 is 10.0 Å². The molecule has 0 spiro atoms. The molecule has 0 heterocycles. The molecule has 0 radical (unpaired) electrons. The Morgan fingerprint density at radius 3 is 2.04 bits per heavy atom. The molecule has 0 fully saturated rings. The van der Waals surface area contributed by atoms with E-state index in [1.807, 2.05) is 57.2 Å². The van der Waals surface area contributed by atoms with Gasteiger partial charge in [-0.1, -0.05) is 81.0 Å². The molecule has 2 aromatic carbocycles. The van der Waals surface area contributed by atoms with Crippen molar-refractivity contribution in [3.05, 3.63) is 76.9 Å². The first-order chi connectivity index (χ1) is 13.1. The van der Waals surface area contributed by atoms with Crippen LogP contribution in [0.15, 0.2) is 59.5 Å². The zero-order chi connectivity index (χ0) is 20.9. The molecule has 2 atom stereocenters. The third kappa shape index (κ3) is 6.05. The van der Waals surface area contributed by atoms with Gasteiger partial charge >= 0.3 is 0 Å². The Hall–Kier alpha value is -1.91. The minimum atomic E-state index is -3.60. The Kier molecular flexibility index (Phi) is 7.62. The van der Waals surface area contributed by atoms with Crippen molar-refractivity contribution >= 4 is 10.0 Å². The first-order valence-corrected chi connectivity index (χ1v) is 11.4. The average Bonchev–Trinajstić information content (AvgIpc) is 2.58. The van der Waals surface area contributed by atoms with Crippen LogP contribution in [-0.4, -0.2) is 14.5 Å². The monoisotopic (exact) mass is 399 g/mol. The molecule has 0 bridgehead atoms. The summed E-state index contributed by atoms with van der Waals surface area (Å²) in [4.78, 5) is 0.399. The van der Waals surface area contributed by atoms with Gasteiger partial charge in [0.05, 0.1) is 4.90 Å². The average molecular weight is 400 g/mol. The first-order valence-electron chi connectivity index (χ1n) is 9.93. The maximum Gasteiger partial charge on any atom is 0.241 e. The van der Waals surface area contributed by atoms with Crippen molar-refractivity contribution in [2.45, 2.75) is 64.8 Å². The third-order valence-electron chi connectivity index (χ3n) is 4.86. The van der Waals surface area contributed by atoms with Crippen LogP contribution in [0.2, 0.25) is 0 Å². The molecule has 0 saturated carbocycles. The number of benzene rings is 2. The standard InChI is InChI=1S/C24H33NO2S/c1-17(2)14-23(13-12-19(4)22-10-8-7-9-11-22)25-28(26,27)24-20(5)15-18(3)16-21(24)6/h7-13,15-17,19,23,25H,14H2,1-6H3/b13-12+/t19-,23-/m1/s1. The minimum Gasteiger partial charge on any atom is -0.207 e. The van der Waals surface area contributed by atoms with Crippen LogP contribution >= 0.6 is 0 Å². The summed E-state index contributed by atoms with van der Waals surface area (Å²) in [6, 6.07) is 13.8. The number of rotatable bonds is 8. The number of hydrogen-bond acceptors (Lipinski definition) is 2. The Balaban J connectivity index is 2.27. The lowest BCUT2D eigenvalue weighted by molar-refractivity contribution is 0.506. The van der Waals surface area contributed by atoms with E-state index in [0.717, 1.165) is 23.1 Å². The molecule has 0 aromatic heterocycles. The zero-order valence-electron chi connectivity index (χ0n) is 17.9. The number of nitrogens with one attached hydrogen (secondary N) is 1. The molecule has 0 aliphatic carbocycles. The molecule has 0 aliphatic rings. The van der Waals surface area contributed by atoms with E-state index in [9.17, 15) is 8.42 Å². The Bertz CT molecular complexity index is 892. The van der Waals surface area contributed by atoms with Gasteiger partial charge < -0.3 is 0 Å². The molecule has 2 rings (SSSR count). The van der Waals surface area contributed by atoms with Crippen molar-refractivity contribution in [3.63, 3.8) is 0 Å². The van der Waals surface area contributed by atoms with Crippen molar-refractivity contribution < 1.29 is 8.42 Å². The second-order valence-electron chi connectivity index (χ2n) is 8.17. The van der Waals surface area contributed by atoms with Gasteiger partial charge in [0.1, 0.15) is 0 Å². The lowest BCUT2D eigenvalue weighted by Crippen LogP contribution is -2.35. The number of sulfonamides is 1. The molecule has 0 aliphatic heterocycles. The van der Waals surface area contributed by atoms with E-state index in [-0.39, 0.29) is 12.0 Å². The lowest BCUT2D eigenvalue weighted by Gasteiger charge is -2.20. The topological polar surface area (TPSA) is 46.2 Å². The summed E-state index contributed by atoms with van der Waals surface area (Å²) >= 11 is 0. The highest BCUT2D eigenvalue weighted by atomic mass is 32.2. The molecule has 0 saturated heterocycles. The van der Waals surface area contributed by atoms with Crippen LogP contribution < -0.4 is 4.72 Å². The molecule has 3 nitrogen and oxygen atoms in total. The third-order valence-corrected chi connectivity index (χ3v) is 6.66. The quantitative estimate of drug-likeness (QED) is 0.582. The molecular formula is C24H33NO2S. The van der Waals surface area contributed by atoms with Crippen LogP contribution in [0, 0.1) is 26.7 Å². The summed E-state index contributed by atoms with van der Waals surface area (Å²) in [7, 11) is -3.60. The van der Waals surface area contributed by atoms with Crippen LogP contribution in [0.5, 0.6) is 0 Å². The highest BCUT2D eigenvalue weighted by Crippen LogP contribution is 2.23. The van der Waals surface area contributed by atoms with Crippen LogP contribution in [0.25, 0.3) is 0 Å². The second kappa shape index (κ2) is 9.53. The molecule has 1 N–H and O–H groups in total. The van der Waals surface area contributed by atoms with Gasteiger partial charge in [-0.3, -0.25) is 0 Å². The molecule has 2 aromatic rings. The van der Waals surface area contributed by atoms with E-state index in [1.54, 1.807) is 0 Å². The second-order valence-corrected chi connectivity index (χ2v) is 9.82. The van der Waals surface area contributed by atoms with E-state index in [4.69, 9.17) is 0 Å². The van der Waals surface area contributed by atoms with Gasteiger partial charge in [-0.2, -0.15) is 0 Å². The zero-order valence-corrected chi connectivity index (χ0v) is 18.7. The maximum absolute atomic E-state index is 13.1. The van der Waals surface area contributed by atoms with Gasteiger partial charge in [0, 0.05) is 6.04 Å². The Labute approximate surface area is 170 Å². The summed E-state index contributed by atoms with van der Waals surface area (Å²) in [6.07, 6.45) is 4.86. The first kappa shape index (κ1) is 22.4. The summed E-state index contributed by atoms with van der Waals surface area (Å²) in [5.41, 5.74) is 3.87. The van der Waals surface area contributed by atoms with Crippen molar-refractivity contribution in [1.29, 1.82) is 0 Å². The number of allylic oxidation sites excluding steroid dienone is 1. The highest BCUT2D eigenvalue weighted by molar-refractivity contribution is 7.89. The van der Waals surface area contributed by atoms with Crippen molar-refractivity contribution in [1.82, 2.24) is 4.72 Å². The molecule has 0 unspecified atom stereocenters. The van der Waals surface area contributed by atoms with Gasteiger partial charge in [0.15, 0.2) is 0 Å². The van der Waals surface area contributed by atoms with Gasteiger partial charge in [-0.05, 0) is 55.7 Å². The van der Waals surface area contributed by atoms with Crippen molar-refractivity contribution in [2.24, 2.45) is 5.92 Å². The molecule has 0 amide bonds. The van der Waals surface area contributed by atoms with Gasteiger partial charge in [-0.25, -0.2) is 13.1 Å².